The van der Waals surface area contributed by atoms with E-state index in [1.165, 1.54) is 0 Å². The molecule has 31 heavy (non-hydrogen) atoms. The van der Waals surface area contributed by atoms with Crippen molar-refractivity contribution in [3.63, 3.8) is 0 Å². The van der Waals surface area contributed by atoms with E-state index < -0.39 is 0 Å². The molecular formula is C29H24O2. The summed E-state index contributed by atoms with van der Waals surface area (Å²) in [6.07, 6.45) is 0. The van der Waals surface area contributed by atoms with E-state index in [9.17, 15) is 9.59 Å². The number of ketones is 2. The quantitative estimate of drug-likeness (QED) is 0.345. The number of hydrogen-bond donors (Lipinski definition) is 0. The van der Waals surface area contributed by atoms with Crippen LogP contribution < -0.4 is 0 Å². The first-order valence-corrected chi connectivity index (χ1v) is 10.4. The summed E-state index contributed by atoms with van der Waals surface area (Å²) in [7, 11) is 0. The summed E-state index contributed by atoms with van der Waals surface area (Å²) in [5.41, 5.74) is 4.69. The van der Waals surface area contributed by atoms with Crippen LogP contribution in [0, 0.1) is 0 Å². The van der Waals surface area contributed by atoms with Gasteiger partial charge in [-0.15, -0.1) is 0 Å². The van der Waals surface area contributed by atoms with Gasteiger partial charge in [0, 0.05) is 27.7 Å². The van der Waals surface area contributed by atoms with Gasteiger partial charge in [-0.2, -0.15) is 0 Å². The molecule has 0 N–H and O–H groups in total. The summed E-state index contributed by atoms with van der Waals surface area (Å²) in [6.45, 7) is 4.30. The summed E-state index contributed by atoms with van der Waals surface area (Å²) in [5, 5.41) is 0. The van der Waals surface area contributed by atoms with E-state index in [1.807, 2.05) is 109 Å². The van der Waals surface area contributed by atoms with Crippen LogP contribution in [0.3, 0.4) is 0 Å². The van der Waals surface area contributed by atoms with E-state index in [2.05, 4.69) is 13.8 Å². The third-order valence-electron chi connectivity index (χ3n) is 5.81. The standard InChI is InChI=1S/C29H24O2/c1-29(2,25-17-13-23(14-18-25)27(30)21-9-5-3-6-10-21)26-19-15-24(16-20-26)28(31)22-11-7-4-8-12-22/h3-20H,1-2H3. The Balaban J connectivity index is 1.55. The number of benzene rings is 4. The maximum Gasteiger partial charge on any atom is 0.193 e. The fourth-order valence-electron chi connectivity index (χ4n) is 3.76. The molecule has 152 valence electrons. The Morgan fingerprint density at radius 3 is 1.06 bits per heavy atom. The topological polar surface area (TPSA) is 34.1 Å². The molecule has 4 aromatic rings. The van der Waals surface area contributed by atoms with Crippen molar-refractivity contribution < 1.29 is 9.59 Å². The normalized spacial score (nSPS) is 11.2. The van der Waals surface area contributed by atoms with Crippen LogP contribution in [-0.4, -0.2) is 11.6 Å². The van der Waals surface area contributed by atoms with Crippen LogP contribution in [-0.2, 0) is 5.41 Å². The molecule has 0 amide bonds. The van der Waals surface area contributed by atoms with Crippen molar-refractivity contribution in [2.24, 2.45) is 0 Å². The minimum atomic E-state index is -0.261. The fraction of sp³-hybridized carbons (Fsp3) is 0.103. The highest BCUT2D eigenvalue weighted by Gasteiger charge is 2.24. The van der Waals surface area contributed by atoms with Crippen LogP contribution in [0.5, 0.6) is 0 Å². The monoisotopic (exact) mass is 404 g/mol. The average Bonchev–Trinajstić information content (AvgIpc) is 2.84. The Kier molecular flexibility index (Phi) is 5.64. The Morgan fingerprint density at radius 2 is 0.742 bits per heavy atom. The predicted molar refractivity (Wildman–Crippen MR) is 125 cm³/mol. The van der Waals surface area contributed by atoms with Crippen molar-refractivity contribution in [3.05, 3.63) is 143 Å². The molecule has 0 aliphatic heterocycles. The van der Waals surface area contributed by atoms with E-state index in [0.29, 0.717) is 22.3 Å². The minimum absolute atomic E-state index is 0.0220. The van der Waals surface area contributed by atoms with E-state index >= 15 is 0 Å². The summed E-state index contributed by atoms with van der Waals surface area (Å²) >= 11 is 0. The lowest BCUT2D eigenvalue weighted by molar-refractivity contribution is 0.103. The van der Waals surface area contributed by atoms with Gasteiger partial charge >= 0.3 is 0 Å². The summed E-state index contributed by atoms with van der Waals surface area (Å²) in [4.78, 5) is 25.3. The molecule has 0 radical (unpaired) electrons. The smallest absolute Gasteiger partial charge is 0.193 e. The highest BCUT2D eigenvalue weighted by atomic mass is 16.1. The lowest BCUT2D eigenvalue weighted by Crippen LogP contribution is -2.19. The molecule has 0 aliphatic carbocycles. The third-order valence-corrected chi connectivity index (χ3v) is 5.81. The second-order valence-corrected chi connectivity index (χ2v) is 8.17. The molecule has 0 aromatic heterocycles. The van der Waals surface area contributed by atoms with Gasteiger partial charge in [0.1, 0.15) is 0 Å². The van der Waals surface area contributed by atoms with Crippen LogP contribution in [0.15, 0.2) is 109 Å². The maximum atomic E-state index is 12.7. The molecular weight excluding hydrogens is 380 g/mol. The van der Waals surface area contributed by atoms with Gasteiger partial charge in [0.2, 0.25) is 0 Å². The maximum absolute atomic E-state index is 12.7. The molecule has 0 saturated carbocycles. The van der Waals surface area contributed by atoms with E-state index in [4.69, 9.17) is 0 Å². The van der Waals surface area contributed by atoms with Crippen molar-refractivity contribution in [1.82, 2.24) is 0 Å². The Hall–Kier alpha value is -3.78. The molecule has 0 unspecified atom stereocenters. The van der Waals surface area contributed by atoms with Gasteiger partial charge in [0.15, 0.2) is 11.6 Å². The molecule has 4 rings (SSSR count). The van der Waals surface area contributed by atoms with Gasteiger partial charge in [-0.3, -0.25) is 9.59 Å². The van der Waals surface area contributed by atoms with Crippen LogP contribution in [0.25, 0.3) is 0 Å². The highest BCUT2D eigenvalue weighted by Crippen LogP contribution is 2.32. The van der Waals surface area contributed by atoms with Crippen LogP contribution in [0.1, 0.15) is 56.8 Å². The van der Waals surface area contributed by atoms with Gasteiger partial charge in [0.05, 0.1) is 0 Å². The SMILES string of the molecule is CC(C)(c1ccc(C(=O)c2ccccc2)cc1)c1ccc(C(=O)c2ccccc2)cc1. The molecule has 2 nitrogen and oxygen atoms in total. The van der Waals surface area contributed by atoms with Gasteiger partial charge in [-0.05, 0) is 11.1 Å². The Bertz CT molecular complexity index is 1090. The van der Waals surface area contributed by atoms with Crippen molar-refractivity contribution in [2.75, 3.05) is 0 Å². The zero-order valence-electron chi connectivity index (χ0n) is 17.7. The van der Waals surface area contributed by atoms with E-state index in [1.54, 1.807) is 0 Å². The number of carbonyl (C=O) groups is 2. The largest absolute Gasteiger partial charge is 0.289 e. The summed E-state index contributed by atoms with van der Waals surface area (Å²) in [6, 6.07) is 34.2. The van der Waals surface area contributed by atoms with Crippen molar-refractivity contribution in [3.8, 4) is 0 Å². The van der Waals surface area contributed by atoms with E-state index in [0.717, 1.165) is 11.1 Å². The molecule has 0 bridgehead atoms. The molecule has 0 saturated heterocycles. The lowest BCUT2D eigenvalue weighted by atomic mass is 9.77. The predicted octanol–water partition coefficient (Wildman–Crippen LogP) is 6.47. The third kappa shape index (κ3) is 4.24. The molecule has 0 aliphatic rings. The summed E-state index contributed by atoms with van der Waals surface area (Å²) in [5.74, 6) is 0.0440. The summed E-state index contributed by atoms with van der Waals surface area (Å²) < 4.78 is 0. The minimum Gasteiger partial charge on any atom is -0.289 e. The number of carbonyl (C=O) groups excluding carboxylic acids is 2. The highest BCUT2D eigenvalue weighted by molar-refractivity contribution is 6.09. The van der Waals surface area contributed by atoms with Gasteiger partial charge in [0.25, 0.3) is 0 Å². The molecule has 2 heteroatoms. The zero-order valence-corrected chi connectivity index (χ0v) is 17.7. The second kappa shape index (κ2) is 8.53. The zero-order chi connectivity index (χ0) is 21.8. The lowest BCUT2D eigenvalue weighted by Gasteiger charge is -2.26. The molecule has 0 spiro atoms. The van der Waals surface area contributed by atoms with Gasteiger partial charge < -0.3 is 0 Å². The van der Waals surface area contributed by atoms with Crippen molar-refractivity contribution >= 4 is 11.6 Å². The first kappa shape index (κ1) is 20.5. The van der Waals surface area contributed by atoms with Crippen LogP contribution in [0.4, 0.5) is 0 Å². The van der Waals surface area contributed by atoms with E-state index in [-0.39, 0.29) is 17.0 Å². The van der Waals surface area contributed by atoms with Crippen LogP contribution >= 0.6 is 0 Å². The first-order valence-electron chi connectivity index (χ1n) is 10.4. The van der Waals surface area contributed by atoms with Gasteiger partial charge in [-0.1, -0.05) is 123 Å². The van der Waals surface area contributed by atoms with Crippen LogP contribution in [0.2, 0.25) is 0 Å². The van der Waals surface area contributed by atoms with Gasteiger partial charge in [-0.25, -0.2) is 0 Å². The molecule has 0 atom stereocenters. The molecule has 0 fully saturated rings. The number of rotatable bonds is 6. The average molecular weight is 405 g/mol. The van der Waals surface area contributed by atoms with Crippen molar-refractivity contribution in [2.45, 2.75) is 19.3 Å². The molecule has 0 heterocycles. The number of hydrogen-bond acceptors (Lipinski definition) is 2. The molecule has 4 aromatic carbocycles. The fourth-order valence-corrected chi connectivity index (χ4v) is 3.76. The van der Waals surface area contributed by atoms with Crippen molar-refractivity contribution in [1.29, 1.82) is 0 Å². The Morgan fingerprint density at radius 1 is 0.452 bits per heavy atom. The first-order chi connectivity index (χ1) is 15.0. The second-order valence-electron chi connectivity index (χ2n) is 8.17. The Labute approximate surface area is 183 Å².